The summed E-state index contributed by atoms with van der Waals surface area (Å²) in [5.41, 5.74) is -0.202. The molecule has 1 amide bonds. The number of nitrogens with one attached hydrogen (secondary N) is 1. The van der Waals surface area contributed by atoms with Gasteiger partial charge in [-0.1, -0.05) is 19.0 Å². The standard InChI is InChI=1S/C15H16F3N3O4.C3H6O2.C2H6/c1-14(2,3)24-13(22)19-8-11-20-12(21-25-11)9-4-6-10(7-5-9)23-15(16,17)18;1-3(4)5-2;1-2/h4-7H,8H2,1-3H3,(H,19,22);1-2H3;1-2H3. The third kappa shape index (κ3) is 13.1. The summed E-state index contributed by atoms with van der Waals surface area (Å²) in [6.07, 6.45) is -5.39. The molecule has 0 aliphatic heterocycles. The Kier molecular flexibility index (Phi) is 11.8. The number of benzene rings is 1. The van der Waals surface area contributed by atoms with Crippen molar-refractivity contribution in [3.63, 3.8) is 0 Å². The number of aromatic nitrogens is 2. The average molecular weight is 463 g/mol. The van der Waals surface area contributed by atoms with Gasteiger partial charge in [-0.2, -0.15) is 4.98 Å². The molecule has 32 heavy (non-hydrogen) atoms. The minimum Gasteiger partial charge on any atom is -0.469 e. The number of carbonyl (C=O) groups is 2. The van der Waals surface area contributed by atoms with E-state index in [0.717, 1.165) is 12.1 Å². The number of methoxy groups -OCH3 is 1. The van der Waals surface area contributed by atoms with Gasteiger partial charge in [0.1, 0.15) is 17.9 Å². The fourth-order valence-electron chi connectivity index (χ4n) is 1.71. The molecule has 0 atom stereocenters. The van der Waals surface area contributed by atoms with E-state index in [2.05, 4.69) is 24.9 Å². The van der Waals surface area contributed by atoms with Crippen LogP contribution in [0.1, 0.15) is 47.4 Å². The summed E-state index contributed by atoms with van der Waals surface area (Å²) in [7, 11) is 1.35. The molecule has 12 heteroatoms. The SMILES string of the molecule is CC.CC(C)(C)OC(=O)NCc1nc(-c2ccc(OC(F)(F)F)cc2)no1.COC(C)=O. The monoisotopic (exact) mass is 463 g/mol. The van der Waals surface area contributed by atoms with Crippen LogP contribution < -0.4 is 10.1 Å². The number of carbonyl (C=O) groups excluding carboxylic acids is 2. The molecule has 0 aliphatic rings. The molecule has 180 valence electrons. The number of hydrogen-bond acceptors (Lipinski definition) is 8. The summed E-state index contributed by atoms with van der Waals surface area (Å²) in [6.45, 7) is 10.5. The molecule has 2 rings (SSSR count). The quantitative estimate of drug-likeness (QED) is 0.640. The zero-order valence-corrected chi connectivity index (χ0v) is 19.0. The van der Waals surface area contributed by atoms with Gasteiger partial charge < -0.3 is 24.1 Å². The minimum absolute atomic E-state index is 0.0445. The summed E-state index contributed by atoms with van der Waals surface area (Å²) >= 11 is 0. The van der Waals surface area contributed by atoms with Gasteiger partial charge in [-0.25, -0.2) is 4.79 Å². The maximum atomic E-state index is 12.1. The highest BCUT2D eigenvalue weighted by Crippen LogP contribution is 2.25. The first-order valence-corrected chi connectivity index (χ1v) is 9.49. The van der Waals surface area contributed by atoms with Crippen molar-refractivity contribution in [2.75, 3.05) is 7.11 Å². The number of rotatable bonds is 4. The number of halogens is 3. The Morgan fingerprint density at radius 3 is 2.06 bits per heavy atom. The van der Waals surface area contributed by atoms with Crippen LogP contribution >= 0.6 is 0 Å². The third-order valence-electron chi connectivity index (χ3n) is 2.88. The molecule has 0 radical (unpaired) electrons. The van der Waals surface area contributed by atoms with E-state index >= 15 is 0 Å². The van der Waals surface area contributed by atoms with E-state index in [1.165, 1.54) is 26.2 Å². The van der Waals surface area contributed by atoms with Crippen molar-refractivity contribution < 1.29 is 41.5 Å². The Bertz CT molecular complexity index is 830. The summed E-state index contributed by atoms with van der Waals surface area (Å²) in [4.78, 5) is 25.2. The fourth-order valence-corrected chi connectivity index (χ4v) is 1.71. The zero-order valence-electron chi connectivity index (χ0n) is 19.0. The first-order chi connectivity index (χ1) is 14.8. The van der Waals surface area contributed by atoms with E-state index in [9.17, 15) is 22.8 Å². The van der Waals surface area contributed by atoms with Crippen LogP contribution in [0.4, 0.5) is 18.0 Å². The second kappa shape index (κ2) is 13.2. The van der Waals surface area contributed by atoms with Crippen molar-refractivity contribution in [1.82, 2.24) is 15.5 Å². The number of hydrogen-bond donors (Lipinski definition) is 1. The lowest BCUT2D eigenvalue weighted by molar-refractivity contribution is -0.274. The van der Waals surface area contributed by atoms with E-state index in [4.69, 9.17) is 9.26 Å². The van der Waals surface area contributed by atoms with Crippen molar-refractivity contribution >= 4 is 12.1 Å². The molecular formula is C20H28F3N3O6. The highest BCUT2D eigenvalue weighted by Gasteiger charge is 2.31. The molecule has 0 bridgehead atoms. The minimum atomic E-state index is -4.76. The predicted molar refractivity (Wildman–Crippen MR) is 109 cm³/mol. The molecule has 0 saturated heterocycles. The molecule has 2 aromatic rings. The third-order valence-corrected chi connectivity index (χ3v) is 2.88. The molecule has 1 aromatic carbocycles. The van der Waals surface area contributed by atoms with Crippen LogP contribution in [0.15, 0.2) is 28.8 Å². The lowest BCUT2D eigenvalue weighted by Crippen LogP contribution is -2.32. The Hall–Kier alpha value is -3.31. The van der Waals surface area contributed by atoms with Gasteiger partial charge in [0.05, 0.1) is 7.11 Å². The van der Waals surface area contributed by atoms with Crippen LogP contribution in [0.3, 0.4) is 0 Å². The van der Waals surface area contributed by atoms with Crippen molar-refractivity contribution in [3.8, 4) is 17.1 Å². The molecule has 1 heterocycles. The molecule has 0 aliphatic carbocycles. The lowest BCUT2D eigenvalue weighted by Gasteiger charge is -2.19. The maximum Gasteiger partial charge on any atom is 0.573 e. The molecule has 1 N–H and O–H groups in total. The van der Waals surface area contributed by atoms with Gasteiger partial charge in [0.15, 0.2) is 0 Å². The van der Waals surface area contributed by atoms with Crippen LogP contribution in [-0.4, -0.2) is 41.3 Å². The number of esters is 1. The largest absolute Gasteiger partial charge is 0.573 e. The highest BCUT2D eigenvalue weighted by molar-refractivity contribution is 5.67. The fraction of sp³-hybridized carbons (Fsp3) is 0.500. The molecule has 0 saturated carbocycles. The number of ether oxygens (including phenoxy) is 3. The summed E-state index contributed by atoms with van der Waals surface area (Å²) in [6, 6.07) is 4.99. The second-order valence-electron chi connectivity index (χ2n) is 6.64. The predicted octanol–water partition coefficient (Wildman–Crippen LogP) is 4.87. The number of alkyl carbamates (subject to hydrolysis) is 1. The molecular weight excluding hydrogens is 435 g/mol. The maximum absolute atomic E-state index is 12.1. The van der Waals surface area contributed by atoms with Crippen molar-refractivity contribution in [3.05, 3.63) is 30.2 Å². The van der Waals surface area contributed by atoms with Crippen molar-refractivity contribution in [2.24, 2.45) is 0 Å². The molecule has 0 unspecified atom stereocenters. The summed E-state index contributed by atoms with van der Waals surface area (Å²) in [5, 5.41) is 6.15. The smallest absolute Gasteiger partial charge is 0.469 e. The zero-order chi connectivity index (χ0) is 24.9. The highest BCUT2D eigenvalue weighted by atomic mass is 19.4. The first-order valence-electron chi connectivity index (χ1n) is 9.49. The van der Waals surface area contributed by atoms with Gasteiger partial charge >= 0.3 is 18.4 Å². The number of nitrogens with zero attached hydrogens (tertiary/aromatic N) is 2. The molecule has 9 nitrogen and oxygen atoms in total. The van der Waals surface area contributed by atoms with Gasteiger partial charge in [-0.3, -0.25) is 4.79 Å². The lowest BCUT2D eigenvalue weighted by atomic mass is 10.2. The van der Waals surface area contributed by atoms with Crippen LogP contribution in [0, 0.1) is 0 Å². The Morgan fingerprint density at radius 2 is 1.62 bits per heavy atom. The topological polar surface area (TPSA) is 113 Å². The normalized spacial score (nSPS) is 10.6. The van der Waals surface area contributed by atoms with Gasteiger partial charge in [0.2, 0.25) is 11.7 Å². The number of amides is 1. The van der Waals surface area contributed by atoms with E-state index in [0.29, 0.717) is 5.56 Å². The second-order valence-corrected chi connectivity index (χ2v) is 6.64. The van der Waals surface area contributed by atoms with Crippen molar-refractivity contribution in [1.29, 1.82) is 0 Å². The van der Waals surface area contributed by atoms with E-state index < -0.39 is 18.1 Å². The van der Waals surface area contributed by atoms with E-state index in [1.54, 1.807) is 20.8 Å². The molecule has 0 fully saturated rings. The Morgan fingerprint density at radius 1 is 1.09 bits per heavy atom. The summed E-state index contributed by atoms with van der Waals surface area (Å²) in [5.74, 6) is -0.312. The Labute approximate surface area is 184 Å². The van der Waals surface area contributed by atoms with Gasteiger partial charge in [-0.05, 0) is 45.0 Å². The first kappa shape index (κ1) is 28.7. The van der Waals surface area contributed by atoms with Gasteiger partial charge in [-0.15, -0.1) is 13.2 Å². The Balaban J connectivity index is 0.00000121. The van der Waals surface area contributed by atoms with Crippen molar-refractivity contribution in [2.45, 2.75) is 60.1 Å². The van der Waals surface area contributed by atoms with E-state index in [1.807, 2.05) is 13.8 Å². The van der Waals surface area contributed by atoms with Crippen LogP contribution in [-0.2, 0) is 20.8 Å². The van der Waals surface area contributed by atoms with Gasteiger partial charge in [0.25, 0.3) is 0 Å². The average Bonchev–Trinajstić information content (AvgIpc) is 3.15. The number of alkyl halides is 3. The molecule has 1 aromatic heterocycles. The van der Waals surface area contributed by atoms with Crippen LogP contribution in [0.2, 0.25) is 0 Å². The van der Waals surface area contributed by atoms with Crippen LogP contribution in [0.25, 0.3) is 11.4 Å². The summed E-state index contributed by atoms with van der Waals surface area (Å²) < 4.78 is 54.3. The van der Waals surface area contributed by atoms with Gasteiger partial charge in [0, 0.05) is 12.5 Å². The van der Waals surface area contributed by atoms with Crippen LogP contribution in [0.5, 0.6) is 5.75 Å². The molecule has 0 spiro atoms. The van der Waals surface area contributed by atoms with E-state index in [-0.39, 0.29) is 30.0 Å².